The van der Waals surface area contributed by atoms with Crippen molar-refractivity contribution in [3.63, 3.8) is 0 Å². The molecule has 1 aliphatic heterocycles. The molecule has 20 heavy (non-hydrogen) atoms. The summed E-state index contributed by atoms with van der Waals surface area (Å²) in [5, 5.41) is 2.86. The van der Waals surface area contributed by atoms with Gasteiger partial charge in [-0.15, -0.1) is 0 Å². The molecule has 2 amide bonds. The van der Waals surface area contributed by atoms with Crippen LogP contribution >= 0.6 is 0 Å². The Morgan fingerprint density at radius 3 is 2.55 bits per heavy atom. The van der Waals surface area contributed by atoms with E-state index in [-0.39, 0.29) is 30.2 Å². The topological polar surface area (TPSA) is 58.6 Å². The van der Waals surface area contributed by atoms with E-state index in [9.17, 15) is 9.59 Å². The fourth-order valence-electron chi connectivity index (χ4n) is 2.30. The first-order chi connectivity index (χ1) is 9.51. The predicted octanol–water partition coefficient (Wildman–Crippen LogP) is 1.57. The van der Waals surface area contributed by atoms with E-state index in [1.165, 1.54) is 0 Å². The molecule has 1 saturated heterocycles. The molecule has 1 N–H and O–H groups in total. The fraction of sp³-hybridized carbons (Fsp3) is 0.467. The lowest BCUT2D eigenvalue weighted by molar-refractivity contribution is -0.126. The van der Waals surface area contributed by atoms with Crippen molar-refractivity contribution < 1.29 is 14.3 Å². The maximum atomic E-state index is 12.0. The summed E-state index contributed by atoms with van der Waals surface area (Å²) >= 11 is 0. The van der Waals surface area contributed by atoms with Crippen molar-refractivity contribution in [1.82, 2.24) is 5.32 Å². The highest BCUT2D eigenvalue weighted by Gasteiger charge is 2.35. The van der Waals surface area contributed by atoms with E-state index in [1.807, 2.05) is 38.1 Å². The maximum absolute atomic E-state index is 12.0. The predicted molar refractivity (Wildman–Crippen MR) is 76.7 cm³/mol. The molecule has 0 aromatic heterocycles. The Labute approximate surface area is 118 Å². The maximum Gasteiger partial charge on any atom is 0.227 e. The van der Waals surface area contributed by atoms with Crippen molar-refractivity contribution in [2.75, 3.05) is 18.6 Å². The minimum Gasteiger partial charge on any atom is -0.497 e. The zero-order chi connectivity index (χ0) is 14.7. The molecular formula is C15H20N2O3. The molecule has 0 radical (unpaired) electrons. The Bertz CT molecular complexity index is 496. The Balaban J connectivity index is 2.06. The molecule has 0 aliphatic carbocycles. The van der Waals surface area contributed by atoms with Crippen LogP contribution in [0.25, 0.3) is 0 Å². The summed E-state index contributed by atoms with van der Waals surface area (Å²) in [5.41, 5.74) is 0.802. The van der Waals surface area contributed by atoms with Crippen molar-refractivity contribution >= 4 is 17.5 Å². The number of methoxy groups -OCH3 is 1. The molecular weight excluding hydrogens is 256 g/mol. The minimum absolute atomic E-state index is 0.0147. The highest BCUT2D eigenvalue weighted by atomic mass is 16.5. The van der Waals surface area contributed by atoms with Crippen LogP contribution < -0.4 is 15.0 Å². The summed E-state index contributed by atoms with van der Waals surface area (Å²) in [6.07, 6.45) is 0.268. The second kappa shape index (κ2) is 5.94. The van der Waals surface area contributed by atoms with E-state index in [4.69, 9.17) is 4.74 Å². The van der Waals surface area contributed by atoms with Gasteiger partial charge < -0.3 is 15.0 Å². The van der Waals surface area contributed by atoms with E-state index in [2.05, 4.69) is 5.32 Å². The van der Waals surface area contributed by atoms with Crippen LogP contribution in [0.5, 0.6) is 5.75 Å². The minimum atomic E-state index is -0.271. The summed E-state index contributed by atoms with van der Waals surface area (Å²) in [6.45, 7) is 4.26. The van der Waals surface area contributed by atoms with Crippen LogP contribution in [-0.4, -0.2) is 31.5 Å². The molecule has 2 rings (SSSR count). The molecule has 1 aliphatic rings. The standard InChI is InChI=1S/C15H20N2O3/c1-10(2)16-15(19)11-8-14(18)17(9-11)12-4-6-13(20-3)7-5-12/h4-7,10-11H,8-9H2,1-3H3,(H,16,19)/t11-/m1/s1. The SMILES string of the molecule is COc1ccc(N2C[C@H](C(=O)NC(C)C)CC2=O)cc1. The van der Waals surface area contributed by atoms with E-state index in [0.717, 1.165) is 11.4 Å². The summed E-state index contributed by atoms with van der Waals surface area (Å²) in [4.78, 5) is 25.7. The van der Waals surface area contributed by atoms with E-state index in [1.54, 1.807) is 12.0 Å². The highest BCUT2D eigenvalue weighted by molar-refractivity contribution is 6.00. The summed E-state index contributed by atoms with van der Waals surface area (Å²) in [6, 6.07) is 7.38. The van der Waals surface area contributed by atoms with Crippen LogP contribution in [0.1, 0.15) is 20.3 Å². The third-order valence-corrected chi connectivity index (χ3v) is 3.31. The van der Waals surface area contributed by atoms with Crippen LogP contribution in [-0.2, 0) is 9.59 Å². The van der Waals surface area contributed by atoms with Crippen molar-refractivity contribution in [2.24, 2.45) is 5.92 Å². The molecule has 5 nitrogen and oxygen atoms in total. The molecule has 0 bridgehead atoms. The third-order valence-electron chi connectivity index (χ3n) is 3.31. The van der Waals surface area contributed by atoms with Gasteiger partial charge in [0.1, 0.15) is 5.75 Å². The molecule has 108 valence electrons. The van der Waals surface area contributed by atoms with Gasteiger partial charge in [-0.25, -0.2) is 0 Å². The number of nitrogens with zero attached hydrogens (tertiary/aromatic N) is 1. The molecule has 1 aromatic rings. The number of hydrogen-bond donors (Lipinski definition) is 1. The third kappa shape index (κ3) is 3.10. The number of hydrogen-bond acceptors (Lipinski definition) is 3. The zero-order valence-corrected chi connectivity index (χ0v) is 12.1. The van der Waals surface area contributed by atoms with E-state index < -0.39 is 0 Å². The lowest BCUT2D eigenvalue weighted by Gasteiger charge is -2.17. The number of anilines is 1. The van der Waals surface area contributed by atoms with Crippen LogP contribution in [0, 0.1) is 5.92 Å². The first-order valence-corrected chi connectivity index (χ1v) is 6.76. The Kier molecular flexibility index (Phi) is 4.27. The fourth-order valence-corrected chi connectivity index (χ4v) is 2.30. The zero-order valence-electron chi connectivity index (χ0n) is 12.1. The monoisotopic (exact) mass is 276 g/mol. The van der Waals surface area contributed by atoms with Gasteiger partial charge in [0.05, 0.1) is 13.0 Å². The second-order valence-corrected chi connectivity index (χ2v) is 5.27. The first kappa shape index (κ1) is 14.4. The molecule has 0 unspecified atom stereocenters. The largest absolute Gasteiger partial charge is 0.497 e. The normalized spacial score (nSPS) is 18.5. The van der Waals surface area contributed by atoms with Gasteiger partial charge in [0.2, 0.25) is 11.8 Å². The number of carbonyl (C=O) groups is 2. The second-order valence-electron chi connectivity index (χ2n) is 5.27. The first-order valence-electron chi connectivity index (χ1n) is 6.76. The van der Waals surface area contributed by atoms with Gasteiger partial charge in [0.25, 0.3) is 0 Å². The van der Waals surface area contributed by atoms with Crippen LogP contribution in [0.4, 0.5) is 5.69 Å². The van der Waals surface area contributed by atoms with Crippen molar-refractivity contribution in [2.45, 2.75) is 26.3 Å². The number of amides is 2. The van der Waals surface area contributed by atoms with Crippen LogP contribution in [0.3, 0.4) is 0 Å². The summed E-state index contributed by atoms with van der Waals surface area (Å²) < 4.78 is 5.09. The molecule has 1 atom stereocenters. The average Bonchev–Trinajstić information content (AvgIpc) is 2.80. The van der Waals surface area contributed by atoms with Gasteiger partial charge in [-0.3, -0.25) is 9.59 Å². The van der Waals surface area contributed by atoms with Gasteiger partial charge in [-0.1, -0.05) is 0 Å². The Morgan fingerprint density at radius 2 is 2.00 bits per heavy atom. The van der Waals surface area contributed by atoms with Gasteiger partial charge >= 0.3 is 0 Å². The molecule has 0 saturated carbocycles. The molecule has 1 fully saturated rings. The van der Waals surface area contributed by atoms with Gasteiger partial charge in [0, 0.05) is 24.7 Å². The quantitative estimate of drug-likeness (QED) is 0.908. The summed E-state index contributed by atoms with van der Waals surface area (Å²) in [5.74, 6) is 0.407. The number of benzene rings is 1. The lowest BCUT2D eigenvalue weighted by Crippen LogP contribution is -2.36. The Hall–Kier alpha value is -2.04. The number of ether oxygens (including phenoxy) is 1. The molecule has 0 spiro atoms. The molecule has 1 heterocycles. The average molecular weight is 276 g/mol. The van der Waals surface area contributed by atoms with Gasteiger partial charge in [-0.05, 0) is 38.1 Å². The van der Waals surface area contributed by atoms with Crippen LogP contribution in [0.2, 0.25) is 0 Å². The smallest absolute Gasteiger partial charge is 0.227 e. The number of carbonyl (C=O) groups excluding carboxylic acids is 2. The van der Waals surface area contributed by atoms with Crippen molar-refractivity contribution in [1.29, 1.82) is 0 Å². The highest BCUT2D eigenvalue weighted by Crippen LogP contribution is 2.26. The number of nitrogens with one attached hydrogen (secondary N) is 1. The van der Waals surface area contributed by atoms with Crippen molar-refractivity contribution in [3.05, 3.63) is 24.3 Å². The van der Waals surface area contributed by atoms with Gasteiger partial charge in [0.15, 0.2) is 0 Å². The lowest BCUT2D eigenvalue weighted by atomic mass is 10.1. The molecule has 1 aromatic carbocycles. The summed E-state index contributed by atoms with van der Waals surface area (Å²) in [7, 11) is 1.60. The molecule has 5 heteroatoms. The van der Waals surface area contributed by atoms with Crippen molar-refractivity contribution in [3.8, 4) is 5.75 Å². The van der Waals surface area contributed by atoms with Crippen LogP contribution in [0.15, 0.2) is 24.3 Å². The number of rotatable bonds is 4. The van der Waals surface area contributed by atoms with E-state index in [0.29, 0.717) is 6.54 Å². The van der Waals surface area contributed by atoms with E-state index >= 15 is 0 Å². The Morgan fingerprint density at radius 1 is 1.35 bits per heavy atom. The van der Waals surface area contributed by atoms with Gasteiger partial charge in [-0.2, -0.15) is 0 Å².